The van der Waals surface area contributed by atoms with Gasteiger partial charge in [-0.1, -0.05) is 54.9 Å². The minimum Gasteiger partial charge on any atom is -0.220 e. The standard InChI is InChI=1S/C14H20N4S/c1-10(2)8-18-14(15-16-17-18)19-9-13-6-11(3)5-12(4)7-13/h5-7,10H,8-9H2,1-4H3. The van der Waals surface area contributed by atoms with Crippen LogP contribution in [0.1, 0.15) is 30.5 Å². The van der Waals surface area contributed by atoms with Crippen molar-refractivity contribution in [2.45, 2.75) is 45.1 Å². The number of thioether (sulfide) groups is 1. The summed E-state index contributed by atoms with van der Waals surface area (Å²) in [7, 11) is 0. The van der Waals surface area contributed by atoms with E-state index >= 15 is 0 Å². The molecule has 1 aromatic heterocycles. The molecule has 0 spiro atoms. The van der Waals surface area contributed by atoms with Gasteiger partial charge in [-0.3, -0.25) is 0 Å². The molecule has 102 valence electrons. The molecular formula is C14H20N4S. The van der Waals surface area contributed by atoms with Crippen molar-refractivity contribution in [2.24, 2.45) is 5.92 Å². The van der Waals surface area contributed by atoms with Crippen LogP contribution in [0, 0.1) is 19.8 Å². The third-order valence-corrected chi connectivity index (χ3v) is 3.71. The van der Waals surface area contributed by atoms with Gasteiger partial charge in [0.1, 0.15) is 0 Å². The van der Waals surface area contributed by atoms with Gasteiger partial charge in [0.15, 0.2) is 0 Å². The number of tetrazole rings is 1. The van der Waals surface area contributed by atoms with Crippen LogP contribution in [-0.4, -0.2) is 20.2 Å². The molecule has 0 radical (unpaired) electrons. The van der Waals surface area contributed by atoms with Crippen LogP contribution in [-0.2, 0) is 12.3 Å². The van der Waals surface area contributed by atoms with Gasteiger partial charge in [-0.2, -0.15) is 0 Å². The molecule has 1 heterocycles. The molecule has 0 bridgehead atoms. The summed E-state index contributed by atoms with van der Waals surface area (Å²) in [6.07, 6.45) is 0. The fraction of sp³-hybridized carbons (Fsp3) is 0.500. The summed E-state index contributed by atoms with van der Waals surface area (Å²) < 4.78 is 1.89. The van der Waals surface area contributed by atoms with Gasteiger partial charge in [0.25, 0.3) is 0 Å². The van der Waals surface area contributed by atoms with Crippen molar-refractivity contribution in [3.63, 3.8) is 0 Å². The molecule has 4 nitrogen and oxygen atoms in total. The number of hydrogen-bond donors (Lipinski definition) is 0. The minimum absolute atomic E-state index is 0.545. The predicted octanol–water partition coefficient (Wildman–Crippen LogP) is 3.24. The number of aryl methyl sites for hydroxylation is 2. The molecule has 0 saturated heterocycles. The lowest BCUT2D eigenvalue weighted by molar-refractivity contribution is 0.446. The third kappa shape index (κ3) is 4.06. The molecule has 2 aromatic rings. The van der Waals surface area contributed by atoms with Crippen LogP contribution in [0.15, 0.2) is 23.4 Å². The molecule has 0 fully saturated rings. The van der Waals surface area contributed by atoms with Gasteiger partial charge < -0.3 is 0 Å². The Kier molecular flexibility index (Phi) is 4.58. The monoisotopic (exact) mass is 276 g/mol. The first kappa shape index (κ1) is 14.1. The van der Waals surface area contributed by atoms with E-state index in [0.717, 1.165) is 17.5 Å². The first-order chi connectivity index (χ1) is 9.04. The van der Waals surface area contributed by atoms with Crippen LogP contribution < -0.4 is 0 Å². The number of nitrogens with zero attached hydrogens (tertiary/aromatic N) is 4. The smallest absolute Gasteiger partial charge is 0.209 e. The molecule has 0 amide bonds. The maximum atomic E-state index is 4.09. The fourth-order valence-corrected chi connectivity index (χ4v) is 2.88. The topological polar surface area (TPSA) is 43.6 Å². The summed E-state index contributed by atoms with van der Waals surface area (Å²) in [5.74, 6) is 1.45. The van der Waals surface area contributed by atoms with Crippen molar-refractivity contribution in [1.82, 2.24) is 20.2 Å². The molecule has 2 rings (SSSR count). The van der Waals surface area contributed by atoms with Gasteiger partial charge >= 0.3 is 0 Å². The molecule has 0 atom stereocenters. The Balaban J connectivity index is 2.04. The second-order valence-electron chi connectivity index (χ2n) is 5.32. The normalized spacial score (nSPS) is 11.2. The summed E-state index contributed by atoms with van der Waals surface area (Å²) in [5.41, 5.74) is 3.93. The summed E-state index contributed by atoms with van der Waals surface area (Å²) in [4.78, 5) is 0. The zero-order chi connectivity index (χ0) is 13.8. The van der Waals surface area contributed by atoms with Crippen LogP contribution in [0.5, 0.6) is 0 Å². The van der Waals surface area contributed by atoms with Crippen LogP contribution >= 0.6 is 11.8 Å². The molecule has 5 heteroatoms. The van der Waals surface area contributed by atoms with Crippen LogP contribution in [0.2, 0.25) is 0 Å². The summed E-state index contributed by atoms with van der Waals surface area (Å²) in [5, 5.41) is 12.8. The third-order valence-electron chi connectivity index (χ3n) is 2.69. The molecule has 1 aromatic carbocycles. The van der Waals surface area contributed by atoms with E-state index in [2.05, 4.69) is 61.4 Å². The molecule has 0 aliphatic heterocycles. The maximum Gasteiger partial charge on any atom is 0.209 e. The zero-order valence-electron chi connectivity index (χ0n) is 11.9. The predicted molar refractivity (Wildman–Crippen MR) is 78.1 cm³/mol. The molecule has 0 saturated carbocycles. The van der Waals surface area contributed by atoms with Crippen LogP contribution in [0.4, 0.5) is 0 Å². The van der Waals surface area contributed by atoms with E-state index in [4.69, 9.17) is 0 Å². The van der Waals surface area contributed by atoms with Gasteiger partial charge in [-0.25, -0.2) is 4.68 Å². The Morgan fingerprint density at radius 2 is 1.84 bits per heavy atom. The van der Waals surface area contributed by atoms with Crippen LogP contribution in [0.3, 0.4) is 0 Å². The van der Waals surface area contributed by atoms with Gasteiger partial charge in [-0.15, -0.1) is 5.10 Å². The Hall–Kier alpha value is -1.36. The summed E-state index contributed by atoms with van der Waals surface area (Å²) in [6.45, 7) is 9.45. The SMILES string of the molecule is Cc1cc(C)cc(CSc2nnnn2CC(C)C)c1. The van der Waals surface area contributed by atoms with E-state index in [0.29, 0.717) is 5.92 Å². The first-order valence-corrected chi connectivity index (χ1v) is 7.49. The van der Waals surface area contributed by atoms with E-state index in [9.17, 15) is 0 Å². The van der Waals surface area contributed by atoms with Gasteiger partial charge in [0.2, 0.25) is 5.16 Å². The Morgan fingerprint density at radius 1 is 1.16 bits per heavy atom. The van der Waals surface area contributed by atoms with Crippen LogP contribution in [0.25, 0.3) is 0 Å². The highest BCUT2D eigenvalue weighted by Crippen LogP contribution is 2.22. The summed E-state index contributed by atoms with van der Waals surface area (Å²) in [6, 6.07) is 6.63. The average Bonchev–Trinajstić information content (AvgIpc) is 2.71. The molecule has 0 N–H and O–H groups in total. The molecular weight excluding hydrogens is 256 g/mol. The van der Waals surface area contributed by atoms with Crippen molar-refractivity contribution < 1.29 is 0 Å². The van der Waals surface area contributed by atoms with Gasteiger partial charge in [-0.05, 0) is 35.8 Å². The van der Waals surface area contributed by atoms with Crippen molar-refractivity contribution in [3.8, 4) is 0 Å². The molecule has 0 unspecified atom stereocenters. The van der Waals surface area contributed by atoms with Gasteiger partial charge in [0, 0.05) is 12.3 Å². The molecule has 0 aliphatic rings. The summed E-state index contributed by atoms with van der Waals surface area (Å²) >= 11 is 1.69. The van der Waals surface area contributed by atoms with Crippen molar-refractivity contribution in [1.29, 1.82) is 0 Å². The average molecular weight is 276 g/mol. The highest BCUT2D eigenvalue weighted by atomic mass is 32.2. The number of rotatable bonds is 5. The van der Waals surface area contributed by atoms with Gasteiger partial charge in [0.05, 0.1) is 0 Å². The maximum absolute atomic E-state index is 4.09. The highest BCUT2D eigenvalue weighted by Gasteiger charge is 2.08. The molecule has 0 aliphatic carbocycles. The number of hydrogen-bond acceptors (Lipinski definition) is 4. The quantitative estimate of drug-likeness (QED) is 0.786. The lowest BCUT2D eigenvalue weighted by atomic mass is 10.1. The first-order valence-electron chi connectivity index (χ1n) is 6.50. The van der Waals surface area contributed by atoms with Crippen molar-refractivity contribution >= 4 is 11.8 Å². The molecule has 19 heavy (non-hydrogen) atoms. The number of aromatic nitrogens is 4. The fourth-order valence-electron chi connectivity index (χ4n) is 2.06. The number of benzene rings is 1. The Morgan fingerprint density at radius 3 is 2.47 bits per heavy atom. The zero-order valence-corrected chi connectivity index (χ0v) is 12.7. The van der Waals surface area contributed by atoms with E-state index in [1.807, 2.05) is 4.68 Å². The van der Waals surface area contributed by atoms with E-state index in [-0.39, 0.29) is 0 Å². The lowest BCUT2D eigenvalue weighted by Gasteiger charge is -2.07. The second kappa shape index (κ2) is 6.19. The van der Waals surface area contributed by atoms with E-state index < -0.39 is 0 Å². The highest BCUT2D eigenvalue weighted by molar-refractivity contribution is 7.98. The van der Waals surface area contributed by atoms with E-state index in [1.54, 1.807) is 11.8 Å². The van der Waals surface area contributed by atoms with E-state index in [1.165, 1.54) is 16.7 Å². The Labute approximate surface area is 118 Å². The van der Waals surface area contributed by atoms with Crippen molar-refractivity contribution in [2.75, 3.05) is 0 Å². The van der Waals surface area contributed by atoms with Crippen molar-refractivity contribution in [3.05, 3.63) is 34.9 Å². The largest absolute Gasteiger partial charge is 0.220 e. The lowest BCUT2D eigenvalue weighted by Crippen LogP contribution is -2.07. The minimum atomic E-state index is 0.545. The Bertz CT molecular complexity index is 528. The second-order valence-corrected chi connectivity index (χ2v) is 6.26.